The average molecular weight is 295 g/mol. The number of nitrogens with one attached hydrogen (secondary N) is 1. The molecule has 118 valence electrons. The molecule has 0 aliphatic carbocycles. The van der Waals surface area contributed by atoms with Crippen LogP contribution in [0.3, 0.4) is 0 Å². The van der Waals surface area contributed by atoms with Gasteiger partial charge in [-0.3, -0.25) is 4.79 Å². The van der Waals surface area contributed by atoms with Gasteiger partial charge in [0.05, 0.1) is 14.2 Å². The summed E-state index contributed by atoms with van der Waals surface area (Å²) in [6.07, 6.45) is 0. The number of amides is 1. The molecule has 1 atom stereocenters. The van der Waals surface area contributed by atoms with E-state index in [0.29, 0.717) is 23.2 Å². The van der Waals surface area contributed by atoms with Crippen molar-refractivity contribution in [3.63, 3.8) is 0 Å². The molecule has 0 spiro atoms. The van der Waals surface area contributed by atoms with E-state index in [2.05, 4.69) is 19.2 Å². The SMILES string of the molecule is COc1cc(C)cc(OC)c1OCC(=O)N[C@@H](C)C(C)C. The van der Waals surface area contributed by atoms with E-state index in [-0.39, 0.29) is 18.6 Å². The van der Waals surface area contributed by atoms with Gasteiger partial charge in [-0.05, 0) is 37.5 Å². The normalized spacial score (nSPS) is 12.0. The van der Waals surface area contributed by atoms with Crippen LogP contribution in [-0.2, 0) is 4.79 Å². The maximum Gasteiger partial charge on any atom is 0.258 e. The molecule has 0 heterocycles. The van der Waals surface area contributed by atoms with E-state index >= 15 is 0 Å². The summed E-state index contributed by atoms with van der Waals surface area (Å²) in [6.45, 7) is 7.93. The summed E-state index contributed by atoms with van der Waals surface area (Å²) in [5.41, 5.74) is 0.994. The zero-order chi connectivity index (χ0) is 16.0. The predicted octanol–water partition coefficient (Wildman–Crippen LogP) is 2.55. The third kappa shape index (κ3) is 4.85. The summed E-state index contributed by atoms with van der Waals surface area (Å²) >= 11 is 0. The molecule has 0 saturated carbocycles. The second-order valence-corrected chi connectivity index (χ2v) is 5.39. The van der Waals surface area contributed by atoms with Crippen LogP contribution in [0.4, 0.5) is 0 Å². The molecular formula is C16H25NO4. The number of hydrogen-bond acceptors (Lipinski definition) is 4. The monoisotopic (exact) mass is 295 g/mol. The van der Waals surface area contributed by atoms with E-state index in [1.54, 1.807) is 14.2 Å². The van der Waals surface area contributed by atoms with Gasteiger partial charge in [0, 0.05) is 6.04 Å². The minimum atomic E-state index is -0.166. The van der Waals surface area contributed by atoms with Crippen molar-refractivity contribution in [3.05, 3.63) is 17.7 Å². The fourth-order valence-electron chi connectivity index (χ4n) is 1.75. The molecule has 1 N–H and O–H groups in total. The van der Waals surface area contributed by atoms with Gasteiger partial charge in [-0.2, -0.15) is 0 Å². The van der Waals surface area contributed by atoms with Gasteiger partial charge in [-0.15, -0.1) is 0 Å². The fourth-order valence-corrected chi connectivity index (χ4v) is 1.75. The van der Waals surface area contributed by atoms with Crippen molar-refractivity contribution in [2.75, 3.05) is 20.8 Å². The Balaban J connectivity index is 2.77. The standard InChI is InChI=1S/C16H25NO4/c1-10(2)12(4)17-15(18)9-21-16-13(19-5)7-11(3)8-14(16)20-6/h7-8,10,12H,9H2,1-6H3,(H,17,18)/t12-/m0/s1. The van der Waals surface area contributed by atoms with Gasteiger partial charge in [0.2, 0.25) is 5.75 Å². The van der Waals surface area contributed by atoms with E-state index in [0.717, 1.165) is 5.56 Å². The van der Waals surface area contributed by atoms with Crippen molar-refractivity contribution in [3.8, 4) is 17.2 Å². The maximum atomic E-state index is 11.9. The van der Waals surface area contributed by atoms with Crippen molar-refractivity contribution in [1.82, 2.24) is 5.32 Å². The van der Waals surface area contributed by atoms with Gasteiger partial charge in [0.25, 0.3) is 5.91 Å². The molecule has 0 saturated heterocycles. The van der Waals surface area contributed by atoms with Gasteiger partial charge >= 0.3 is 0 Å². The van der Waals surface area contributed by atoms with Gasteiger partial charge in [-0.25, -0.2) is 0 Å². The Morgan fingerprint density at radius 3 is 2.10 bits per heavy atom. The van der Waals surface area contributed by atoms with Crippen molar-refractivity contribution in [2.45, 2.75) is 33.7 Å². The van der Waals surface area contributed by atoms with Crippen molar-refractivity contribution < 1.29 is 19.0 Å². The highest BCUT2D eigenvalue weighted by molar-refractivity contribution is 5.78. The van der Waals surface area contributed by atoms with E-state index in [1.807, 2.05) is 26.0 Å². The van der Waals surface area contributed by atoms with Crippen LogP contribution in [0.5, 0.6) is 17.2 Å². The molecule has 0 fully saturated rings. The topological polar surface area (TPSA) is 56.8 Å². The maximum absolute atomic E-state index is 11.9. The van der Waals surface area contributed by atoms with Crippen LogP contribution in [0.15, 0.2) is 12.1 Å². The molecule has 21 heavy (non-hydrogen) atoms. The second kappa shape index (κ2) is 7.76. The highest BCUT2D eigenvalue weighted by Gasteiger charge is 2.16. The lowest BCUT2D eigenvalue weighted by molar-refractivity contribution is -0.124. The molecule has 1 aromatic rings. The number of ether oxygens (including phenoxy) is 3. The molecule has 0 aliphatic heterocycles. The Kier molecular flexibility index (Phi) is 6.34. The minimum absolute atomic E-state index is 0.0765. The number of carbonyl (C=O) groups excluding carboxylic acids is 1. The van der Waals surface area contributed by atoms with Crippen molar-refractivity contribution in [2.24, 2.45) is 5.92 Å². The lowest BCUT2D eigenvalue weighted by Crippen LogP contribution is -2.39. The number of rotatable bonds is 7. The van der Waals surface area contributed by atoms with E-state index in [9.17, 15) is 4.79 Å². The Bertz CT molecular complexity index is 460. The molecule has 0 aromatic heterocycles. The van der Waals surface area contributed by atoms with Gasteiger partial charge in [-0.1, -0.05) is 13.8 Å². The average Bonchev–Trinajstić information content (AvgIpc) is 2.44. The quantitative estimate of drug-likeness (QED) is 0.840. The number of hydrogen-bond donors (Lipinski definition) is 1. The molecule has 0 aliphatic rings. The van der Waals surface area contributed by atoms with Crippen LogP contribution in [0.25, 0.3) is 0 Å². The summed E-state index contributed by atoms with van der Waals surface area (Å²) < 4.78 is 16.2. The highest BCUT2D eigenvalue weighted by atomic mass is 16.5. The first kappa shape index (κ1) is 17.1. The van der Waals surface area contributed by atoms with E-state index < -0.39 is 0 Å². The largest absolute Gasteiger partial charge is 0.493 e. The van der Waals surface area contributed by atoms with Gasteiger partial charge in [0.1, 0.15) is 0 Å². The smallest absolute Gasteiger partial charge is 0.258 e. The third-order valence-electron chi connectivity index (χ3n) is 3.34. The summed E-state index contributed by atoms with van der Waals surface area (Å²) in [6, 6.07) is 3.78. The van der Waals surface area contributed by atoms with Crippen molar-refractivity contribution >= 4 is 5.91 Å². The van der Waals surface area contributed by atoms with Crippen LogP contribution in [0, 0.1) is 12.8 Å². The van der Waals surface area contributed by atoms with Crippen LogP contribution in [-0.4, -0.2) is 32.8 Å². The first-order valence-corrected chi connectivity index (χ1v) is 7.03. The molecule has 1 aromatic carbocycles. The molecular weight excluding hydrogens is 270 g/mol. The highest BCUT2D eigenvalue weighted by Crippen LogP contribution is 2.38. The van der Waals surface area contributed by atoms with E-state index in [4.69, 9.17) is 14.2 Å². The van der Waals surface area contributed by atoms with Crippen LogP contribution >= 0.6 is 0 Å². The van der Waals surface area contributed by atoms with Crippen LogP contribution in [0.2, 0.25) is 0 Å². The molecule has 0 unspecified atom stereocenters. The summed E-state index contributed by atoms with van der Waals surface area (Å²) in [5.74, 6) is 1.75. The Morgan fingerprint density at radius 1 is 1.14 bits per heavy atom. The molecule has 5 heteroatoms. The summed E-state index contributed by atoms with van der Waals surface area (Å²) in [5, 5.41) is 2.89. The summed E-state index contributed by atoms with van der Waals surface area (Å²) in [4.78, 5) is 11.9. The first-order valence-electron chi connectivity index (χ1n) is 7.03. The molecule has 5 nitrogen and oxygen atoms in total. The molecule has 0 radical (unpaired) electrons. The zero-order valence-electron chi connectivity index (χ0n) is 13.6. The van der Waals surface area contributed by atoms with Gasteiger partial charge in [0.15, 0.2) is 18.1 Å². The zero-order valence-corrected chi connectivity index (χ0v) is 13.6. The predicted molar refractivity (Wildman–Crippen MR) is 82.2 cm³/mol. The Hall–Kier alpha value is -1.91. The first-order chi connectivity index (χ1) is 9.88. The fraction of sp³-hybridized carbons (Fsp3) is 0.562. The number of carbonyl (C=O) groups is 1. The molecule has 1 rings (SSSR count). The number of methoxy groups -OCH3 is 2. The molecule has 0 bridgehead atoms. The summed E-state index contributed by atoms with van der Waals surface area (Å²) in [7, 11) is 3.12. The number of benzene rings is 1. The molecule has 1 amide bonds. The van der Waals surface area contributed by atoms with E-state index in [1.165, 1.54) is 0 Å². The van der Waals surface area contributed by atoms with Crippen LogP contribution < -0.4 is 19.5 Å². The Labute approximate surface area is 126 Å². The van der Waals surface area contributed by atoms with Crippen molar-refractivity contribution in [1.29, 1.82) is 0 Å². The van der Waals surface area contributed by atoms with Crippen LogP contribution in [0.1, 0.15) is 26.3 Å². The number of aryl methyl sites for hydroxylation is 1. The third-order valence-corrected chi connectivity index (χ3v) is 3.34. The lowest BCUT2D eigenvalue weighted by Gasteiger charge is -2.19. The van der Waals surface area contributed by atoms with Gasteiger partial charge < -0.3 is 19.5 Å². The Morgan fingerprint density at radius 2 is 1.67 bits per heavy atom. The minimum Gasteiger partial charge on any atom is -0.493 e. The second-order valence-electron chi connectivity index (χ2n) is 5.39. The lowest BCUT2D eigenvalue weighted by atomic mass is 10.1.